The van der Waals surface area contributed by atoms with E-state index in [1.165, 1.54) is 5.56 Å². The van der Waals surface area contributed by atoms with Gasteiger partial charge in [0.2, 0.25) is 0 Å². The molecule has 1 aliphatic carbocycles. The second kappa shape index (κ2) is 4.13. The minimum Gasteiger partial charge on any atom is -0.334 e. The van der Waals surface area contributed by atoms with Crippen LogP contribution in [0.25, 0.3) is 0 Å². The van der Waals surface area contributed by atoms with Gasteiger partial charge in [0.15, 0.2) is 5.78 Å². The van der Waals surface area contributed by atoms with Gasteiger partial charge >= 0.3 is 0 Å². The van der Waals surface area contributed by atoms with Crippen LogP contribution in [0.5, 0.6) is 0 Å². The highest BCUT2D eigenvalue weighted by Gasteiger charge is 2.43. The Morgan fingerprint density at radius 3 is 2.95 bits per heavy atom. The Kier molecular flexibility index (Phi) is 2.39. The maximum atomic E-state index is 12.6. The van der Waals surface area contributed by atoms with Crippen molar-refractivity contribution in [2.24, 2.45) is 10.9 Å². The highest BCUT2D eigenvalue weighted by atomic mass is 16.1. The first-order valence-corrected chi connectivity index (χ1v) is 6.95. The van der Waals surface area contributed by atoms with E-state index in [4.69, 9.17) is 0 Å². The van der Waals surface area contributed by atoms with E-state index in [0.717, 1.165) is 17.8 Å². The first kappa shape index (κ1) is 11.6. The molecule has 2 aromatic rings. The van der Waals surface area contributed by atoms with Gasteiger partial charge in [-0.25, -0.2) is 9.98 Å². The maximum absolute atomic E-state index is 12.6. The Balaban J connectivity index is 1.78. The number of carbonyl (C=O) groups excluding carboxylic acids is 1. The van der Waals surface area contributed by atoms with Gasteiger partial charge in [-0.1, -0.05) is 25.1 Å². The highest BCUT2D eigenvalue weighted by Crippen LogP contribution is 2.45. The van der Waals surface area contributed by atoms with Gasteiger partial charge in [-0.05, 0) is 18.1 Å². The topological polar surface area (TPSA) is 47.2 Å². The number of Topliss-reactive ketones (excluding diaryl/α,β-unsaturated/α-hetero) is 1. The summed E-state index contributed by atoms with van der Waals surface area (Å²) in [7, 11) is 0. The molecule has 2 heterocycles. The van der Waals surface area contributed by atoms with E-state index in [9.17, 15) is 4.79 Å². The van der Waals surface area contributed by atoms with Crippen molar-refractivity contribution in [3.8, 4) is 0 Å². The third-order valence-electron chi connectivity index (χ3n) is 4.51. The predicted molar refractivity (Wildman–Crippen MR) is 76.3 cm³/mol. The number of aromatic nitrogens is 2. The molecule has 0 bridgehead atoms. The zero-order valence-corrected chi connectivity index (χ0v) is 11.2. The smallest absolute Gasteiger partial charge is 0.182 e. The molecule has 1 saturated carbocycles. The van der Waals surface area contributed by atoms with Crippen molar-refractivity contribution in [2.45, 2.75) is 25.3 Å². The summed E-state index contributed by atoms with van der Waals surface area (Å²) in [5.74, 6) is 0.270. The molecule has 100 valence electrons. The van der Waals surface area contributed by atoms with Crippen LogP contribution in [-0.4, -0.2) is 21.0 Å². The number of ketones is 1. The fourth-order valence-electron chi connectivity index (χ4n) is 3.40. The van der Waals surface area contributed by atoms with Crippen LogP contribution in [0.3, 0.4) is 0 Å². The van der Waals surface area contributed by atoms with Crippen LogP contribution in [0.2, 0.25) is 0 Å². The number of nitrogens with zero attached hydrogens (tertiary/aromatic N) is 3. The molecule has 0 amide bonds. The van der Waals surface area contributed by atoms with Crippen molar-refractivity contribution in [1.29, 1.82) is 0 Å². The molecule has 1 aromatic carbocycles. The first-order chi connectivity index (χ1) is 9.75. The number of benzene rings is 1. The van der Waals surface area contributed by atoms with Crippen LogP contribution in [-0.2, 0) is 4.79 Å². The predicted octanol–water partition coefficient (Wildman–Crippen LogP) is 2.90. The quantitative estimate of drug-likeness (QED) is 0.796. The third-order valence-corrected chi connectivity index (χ3v) is 4.51. The molecule has 0 spiro atoms. The Morgan fingerprint density at radius 1 is 1.30 bits per heavy atom. The molecule has 1 aliphatic heterocycles. The minimum atomic E-state index is -0.0477. The van der Waals surface area contributed by atoms with Gasteiger partial charge in [-0.2, -0.15) is 0 Å². The SMILES string of the molecule is CC1C(=O)C2=Nc3ccccc3C2CC1n1ccnc1. The minimum absolute atomic E-state index is 0.0477. The molecule has 20 heavy (non-hydrogen) atoms. The van der Waals surface area contributed by atoms with E-state index in [2.05, 4.69) is 20.6 Å². The average molecular weight is 265 g/mol. The van der Waals surface area contributed by atoms with Crippen molar-refractivity contribution in [3.63, 3.8) is 0 Å². The van der Waals surface area contributed by atoms with Crippen LogP contribution >= 0.6 is 0 Å². The van der Waals surface area contributed by atoms with Gasteiger partial charge in [0.25, 0.3) is 0 Å². The summed E-state index contributed by atoms with van der Waals surface area (Å²) in [5, 5.41) is 0. The normalized spacial score (nSPS) is 27.9. The monoisotopic (exact) mass is 265 g/mol. The first-order valence-electron chi connectivity index (χ1n) is 6.95. The fourth-order valence-corrected chi connectivity index (χ4v) is 3.40. The Morgan fingerprint density at radius 2 is 2.15 bits per heavy atom. The summed E-state index contributed by atoms with van der Waals surface area (Å²) in [6.45, 7) is 1.99. The number of fused-ring (bicyclic) bond motifs is 3. The summed E-state index contributed by atoms with van der Waals surface area (Å²) < 4.78 is 2.06. The Hall–Kier alpha value is -2.23. The third kappa shape index (κ3) is 1.51. The number of imidazole rings is 1. The lowest BCUT2D eigenvalue weighted by atomic mass is 9.75. The van der Waals surface area contributed by atoms with Gasteiger partial charge in [0.1, 0.15) is 0 Å². The number of carbonyl (C=O) groups is 1. The van der Waals surface area contributed by atoms with E-state index in [1.54, 1.807) is 12.5 Å². The summed E-state index contributed by atoms with van der Waals surface area (Å²) >= 11 is 0. The van der Waals surface area contributed by atoms with Crippen molar-refractivity contribution in [3.05, 3.63) is 48.5 Å². The lowest BCUT2D eigenvalue weighted by Gasteiger charge is -2.33. The molecular weight excluding hydrogens is 250 g/mol. The van der Waals surface area contributed by atoms with Crippen molar-refractivity contribution < 1.29 is 4.79 Å². The number of hydrogen-bond donors (Lipinski definition) is 0. The highest BCUT2D eigenvalue weighted by molar-refractivity contribution is 6.44. The summed E-state index contributed by atoms with van der Waals surface area (Å²) in [6, 6.07) is 8.24. The summed E-state index contributed by atoms with van der Waals surface area (Å²) in [4.78, 5) is 21.3. The summed E-state index contributed by atoms with van der Waals surface area (Å²) in [5.41, 5.74) is 2.89. The van der Waals surface area contributed by atoms with Gasteiger partial charge in [-0.15, -0.1) is 0 Å². The summed E-state index contributed by atoms with van der Waals surface area (Å²) in [6.07, 6.45) is 6.43. The fraction of sp³-hybridized carbons (Fsp3) is 0.312. The number of para-hydroxylation sites is 1. The van der Waals surface area contributed by atoms with Crippen LogP contribution in [0, 0.1) is 5.92 Å². The van der Waals surface area contributed by atoms with Gasteiger partial charge in [0.05, 0.1) is 17.7 Å². The van der Waals surface area contributed by atoms with Crippen molar-refractivity contribution >= 4 is 17.2 Å². The van der Waals surface area contributed by atoms with Crippen molar-refractivity contribution in [2.75, 3.05) is 0 Å². The number of rotatable bonds is 1. The second-order valence-corrected chi connectivity index (χ2v) is 5.57. The Labute approximate surface area is 117 Å². The number of aliphatic imine (C=N–C) groups is 1. The van der Waals surface area contributed by atoms with Crippen LogP contribution in [0.1, 0.15) is 30.9 Å². The van der Waals surface area contributed by atoms with Crippen LogP contribution in [0.4, 0.5) is 5.69 Å². The number of hydrogen-bond acceptors (Lipinski definition) is 3. The molecular formula is C16H15N3O. The van der Waals surface area contributed by atoms with Crippen LogP contribution in [0.15, 0.2) is 48.0 Å². The lowest BCUT2D eigenvalue weighted by molar-refractivity contribution is -0.118. The average Bonchev–Trinajstić information content (AvgIpc) is 3.10. The van der Waals surface area contributed by atoms with Crippen LogP contribution < -0.4 is 0 Å². The maximum Gasteiger partial charge on any atom is 0.182 e. The zero-order valence-electron chi connectivity index (χ0n) is 11.2. The molecule has 3 unspecified atom stereocenters. The van der Waals surface area contributed by atoms with Gasteiger partial charge < -0.3 is 4.57 Å². The second-order valence-electron chi connectivity index (χ2n) is 5.57. The van der Waals surface area contributed by atoms with E-state index in [-0.39, 0.29) is 23.7 Å². The molecule has 1 aromatic heterocycles. The zero-order chi connectivity index (χ0) is 13.7. The molecule has 1 fully saturated rings. The molecule has 0 N–H and O–H groups in total. The largest absolute Gasteiger partial charge is 0.334 e. The van der Waals surface area contributed by atoms with E-state index < -0.39 is 0 Å². The molecule has 0 saturated heterocycles. The van der Waals surface area contributed by atoms with Gasteiger partial charge in [0, 0.05) is 30.3 Å². The molecule has 0 radical (unpaired) electrons. The lowest BCUT2D eigenvalue weighted by Crippen LogP contribution is -2.38. The molecule has 3 atom stereocenters. The molecule has 4 nitrogen and oxygen atoms in total. The Bertz CT molecular complexity index is 702. The van der Waals surface area contributed by atoms with Gasteiger partial charge in [-0.3, -0.25) is 4.79 Å². The molecule has 4 heteroatoms. The van der Waals surface area contributed by atoms with E-state index in [0.29, 0.717) is 0 Å². The van der Waals surface area contributed by atoms with E-state index in [1.807, 2.05) is 31.3 Å². The van der Waals surface area contributed by atoms with Crippen molar-refractivity contribution in [1.82, 2.24) is 9.55 Å². The van der Waals surface area contributed by atoms with E-state index >= 15 is 0 Å². The molecule has 2 aliphatic rings. The molecule has 4 rings (SSSR count). The standard InChI is InChI=1S/C16H15N3O/c1-10-14(19-7-6-17-9-19)8-12-11-4-2-3-5-13(11)18-15(12)16(10)20/h2-7,9-10,12,14H,8H2,1H3.